The van der Waals surface area contributed by atoms with Gasteiger partial charge in [0.2, 0.25) is 0 Å². The Bertz CT molecular complexity index is 330. The summed E-state index contributed by atoms with van der Waals surface area (Å²) in [7, 11) is 0. The topological polar surface area (TPSA) is 57.2 Å². The second-order valence-electron chi connectivity index (χ2n) is 3.18. The van der Waals surface area contributed by atoms with E-state index in [0.29, 0.717) is 18.1 Å². The zero-order chi connectivity index (χ0) is 11.1. The molecule has 0 atom stereocenters. The zero-order valence-corrected chi connectivity index (χ0v) is 9.47. The number of nitrogens with zero attached hydrogens (tertiary/aromatic N) is 1. The third-order valence-electron chi connectivity index (χ3n) is 1.78. The van der Waals surface area contributed by atoms with Gasteiger partial charge in [-0.15, -0.1) is 0 Å². The molecule has 0 spiro atoms. The lowest BCUT2D eigenvalue weighted by molar-refractivity contribution is 0.289. The molecule has 3 N–H and O–H groups in total. The smallest absolute Gasteiger partial charge is 0.171 e. The lowest BCUT2D eigenvalue weighted by atomic mass is 10.3. The molecule has 0 unspecified atom stereocenters. The van der Waals surface area contributed by atoms with E-state index in [1.54, 1.807) is 6.20 Å². The Morgan fingerprint density at radius 2 is 2.40 bits per heavy atom. The number of pyridine rings is 1. The fourth-order valence-corrected chi connectivity index (χ4v) is 1.25. The Balaban J connectivity index is 2.37. The van der Waals surface area contributed by atoms with Gasteiger partial charge in [-0.3, -0.25) is 0 Å². The van der Waals surface area contributed by atoms with Gasteiger partial charge in [0, 0.05) is 19.3 Å². The van der Waals surface area contributed by atoms with Crippen molar-refractivity contribution in [2.75, 3.05) is 18.5 Å². The van der Waals surface area contributed by atoms with Crippen LogP contribution < -0.4 is 10.6 Å². The SMILES string of the molecule is Cc1ccnc(NC(=S)NCCCO)c1. The number of thiocarbonyl (C=S) groups is 1. The minimum absolute atomic E-state index is 0.165. The standard InChI is InChI=1S/C10H15N3OS/c1-8-3-5-11-9(7-8)13-10(15)12-4-2-6-14/h3,5,7,14H,2,4,6H2,1H3,(H2,11,12,13,15). The summed E-state index contributed by atoms with van der Waals surface area (Å²) in [6.45, 7) is 2.82. The zero-order valence-electron chi connectivity index (χ0n) is 8.66. The van der Waals surface area contributed by atoms with Gasteiger partial charge in [-0.1, -0.05) is 0 Å². The number of aliphatic hydroxyl groups excluding tert-OH is 1. The van der Waals surface area contributed by atoms with Crippen LogP contribution in [0.2, 0.25) is 0 Å². The normalized spacial score (nSPS) is 9.73. The van der Waals surface area contributed by atoms with Crippen molar-refractivity contribution < 1.29 is 5.11 Å². The monoisotopic (exact) mass is 225 g/mol. The van der Waals surface area contributed by atoms with Crippen LogP contribution in [-0.4, -0.2) is 28.4 Å². The number of hydrogen-bond acceptors (Lipinski definition) is 3. The van der Waals surface area contributed by atoms with E-state index in [4.69, 9.17) is 17.3 Å². The summed E-state index contributed by atoms with van der Waals surface area (Å²) in [5.41, 5.74) is 1.13. The Labute approximate surface area is 94.7 Å². The molecule has 5 heteroatoms. The molecule has 0 aliphatic heterocycles. The van der Waals surface area contributed by atoms with Gasteiger partial charge in [-0.05, 0) is 43.3 Å². The lowest BCUT2D eigenvalue weighted by Crippen LogP contribution is -2.29. The van der Waals surface area contributed by atoms with Crippen LogP contribution >= 0.6 is 12.2 Å². The van der Waals surface area contributed by atoms with Gasteiger partial charge in [-0.25, -0.2) is 4.98 Å². The maximum atomic E-state index is 8.59. The number of hydrogen-bond donors (Lipinski definition) is 3. The highest BCUT2D eigenvalue weighted by Gasteiger charge is 1.97. The van der Waals surface area contributed by atoms with E-state index in [1.807, 2.05) is 19.1 Å². The van der Waals surface area contributed by atoms with E-state index in [9.17, 15) is 0 Å². The van der Waals surface area contributed by atoms with Crippen molar-refractivity contribution in [2.24, 2.45) is 0 Å². The van der Waals surface area contributed by atoms with Crippen LogP contribution in [0.5, 0.6) is 0 Å². The number of aromatic nitrogens is 1. The van der Waals surface area contributed by atoms with Gasteiger partial charge in [-0.2, -0.15) is 0 Å². The molecule has 0 aromatic carbocycles. The predicted octanol–water partition coefficient (Wildman–Crippen LogP) is 1.06. The first kappa shape index (κ1) is 11.9. The minimum Gasteiger partial charge on any atom is -0.396 e. The van der Waals surface area contributed by atoms with Crippen LogP contribution in [0.3, 0.4) is 0 Å². The van der Waals surface area contributed by atoms with Crippen molar-refractivity contribution >= 4 is 23.1 Å². The van der Waals surface area contributed by atoms with E-state index in [2.05, 4.69) is 15.6 Å². The average molecular weight is 225 g/mol. The first-order valence-corrected chi connectivity index (χ1v) is 5.21. The first-order chi connectivity index (χ1) is 7.22. The molecule has 0 radical (unpaired) electrons. The Kier molecular flexibility index (Phi) is 5.00. The molecule has 0 aliphatic carbocycles. The van der Waals surface area contributed by atoms with E-state index in [1.165, 1.54) is 0 Å². The second kappa shape index (κ2) is 6.31. The number of anilines is 1. The highest BCUT2D eigenvalue weighted by atomic mass is 32.1. The summed E-state index contributed by atoms with van der Waals surface area (Å²) in [5, 5.41) is 15.1. The van der Waals surface area contributed by atoms with Crippen LogP contribution in [0.1, 0.15) is 12.0 Å². The van der Waals surface area contributed by atoms with E-state index < -0.39 is 0 Å². The fraction of sp³-hybridized carbons (Fsp3) is 0.400. The summed E-state index contributed by atoms with van der Waals surface area (Å²) >= 11 is 5.05. The molecule has 1 heterocycles. The maximum absolute atomic E-state index is 8.59. The van der Waals surface area contributed by atoms with Gasteiger partial charge in [0.15, 0.2) is 5.11 Å². The first-order valence-electron chi connectivity index (χ1n) is 4.81. The molecule has 1 aromatic rings. The van der Waals surface area contributed by atoms with Crippen LogP contribution in [0, 0.1) is 6.92 Å². The van der Waals surface area contributed by atoms with Crippen molar-refractivity contribution in [1.82, 2.24) is 10.3 Å². The van der Waals surface area contributed by atoms with Crippen molar-refractivity contribution in [3.05, 3.63) is 23.9 Å². The molecule has 0 saturated heterocycles. The molecule has 0 bridgehead atoms. The van der Waals surface area contributed by atoms with E-state index in [-0.39, 0.29) is 6.61 Å². The molecule has 0 saturated carbocycles. The van der Waals surface area contributed by atoms with Gasteiger partial charge < -0.3 is 15.7 Å². The molecule has 82 valence electrons. The molecule has 1 rings (SSSR count). The predicted molar refractivity (Wildman–Crippen MR) is 64.9 cm³/mol. The molecule has 0 amide bonds. The molecule has 4 nitrogen and oxygen atoms in total. The molecule has 0 fully saturated rings. The third-order valence-corrected chi connectivity index (χ3v) is 2.02. The Morgan fingerprint density at radius 1 is 1.60 bits per heavy atom. The van der Waals surface area contributed by atoms with Gasteiger partial charge >= 0.3 is 0 Å². The summed E-state index contributed by atoms with van der Waals surface area (Å²) < 4.78 is 0. The van der Waals surface area contributed by atoms with Gasteiger partial charge in [0.05, 0.1) is 0 Å². The fourth-order valence-electron chi connectivity index (χ4n) is 1.05. The summed E-state index contributed by atoms with van der Waals surface area (Å²) in [4.78, 5) is 4.12. The van der Waals surface area contributed by atoms with Crippen LogP contribution in [0.25, 0.3) is 0 Å². The molecule has 15 heavy (non-hydrogen) atoms. The number of aliphatic hydroxyl groups is 1. The van der Waals surface area contributed by atoms with Crippen molar-refractivity contribution in [2.45, 2.75) is 13.3 Å². The van der Waals surface area contributed by atoms with E-state index >= 15 is 0 Å². The number of aryl methyl sites for hydroxylation is 1. The van der Waals surface area contributed by atoms with Crippen molar-refractivity contribution in [3.8, 4) is 0 Å². The molecular weight excluding hydrogens is 210 g/mol. The largest absolute Gasteiger partial charge is 0.396 e. The maximum Gasteiger partial charge on any atom is 0.171 e. The molecule has 1 aromatic heterocycles. The average Bonchev–Trinajstić information content (AvgIpc) is 2.18. The van der Waals surface area contributed by atoms with Crippen molar-refractivity contribution in [1.29, 1.82) is 0 Å². The Hall–Kier alpha value is -1.20. The Morgan fingerprint density at radius 3 is 3.07 bits per heavy atom. The molecular formula is C10H15N3OS. The quantitative estimate of drug-likeness (QED) is 0.528. The van der Waals surface area contributed by atoms with Crippen LogP contribution in [0.15, 0.2) is 18.3 Å². The summed E-state index contributed by atoms with van der Waals surface area (Å²) in [6.07, 6.45) is 2.41. The molecule has 0 aliphatic rings. The minimum atomic E-state index is 0.165. The van der Waals surface area contributed by atoms with Gasteiger partial charge in [0.25, 0.3) is 0 Å². The second-order valence-corrected chi connectivity index (χ2v) is 3.58. The summed E-state index contributed by atoms with van der Waals surface area (Å²) in [5.74, 6) is 0.733. The van der Waals surface area contributed by atoms with E-state index in [0.717, 1.165) is 11.4 Å². The van der Waals surface area contributed by atoms with Crippen LogP contribution in [-0.2, 0) is 0 Å². The highest BCUT2D eigenvalue weighted by Crippen LogP contribution is 2.04. The van der Waals surface area contributed by atoms with Crippen molar-refractivity contribution in [3.63, 3.8) is 0 Å². The third kappa shape index (κ3) is 4.71. The number of nitrogens with one attached hydrogen (secondary N) is 2. The van der Waals surface area contributed by atoms with Crippen LogP contribution in [0.4, 0.5) is 5.82 Å². The summed E-state index contributed by atoms with van der Waals surface area (Å²) in [6, 6.07) is 3.84. The lowest BCUT2D eigenvalue weighted by Gasteiger charge is -2.09. The highest BCUT2D eigenvalue weighted by molar-refractivity contribution is 7.80. The van der Waals surface area contributed by atoms with Gasteiger partial charge in [0.1, 0.15) is 5.82 Å². The number of rotatable bonds is 4.